The van der Waals surface area contributed by atoms with Crippen LogP contribution in [0, 0.1) is 17.8 Å². The molecule has 7 atom stereocenters. The number of ether oxygens (including phenoxy) is 2. The number of nitrogens with one attached hydrogen (secondary N) is 2. The minimum atomic E-state index is -1.11. The maximum Gasteiger partial charge on any atom is 0.246 e. The molecule has 2 aliphatic carbocycles. The summed E-state index contributed by atoms with van der Waals surface area (Å²) in [5, 5.41) is 6.33. The second kappa shape index (κ2) is 10.6. The van der Waals surface area contributed by atoms with Crippen molar-refractivity contribution in [2.45, 2.75) is 101 Å². The number of rotatable bonds is 7. The summed E-state index contributed by atoms with van der Waals surface area (Å²) >= 11 is 0. The molecule has 3 amide bonds. The predicted octanol–water partition coefficient (Wildman–Crippen LogP) is 4.20. The molecule has 210 valence electrons. The highest BCUT2D eigenvalue weighted by molar-refractivity contribution is 6.03. The molecule has 8 heteroatoms. The molecule has 2 saturated heterocycles. The van der Waals surface area contributed by atoms with Gasteiger partial charge in [0.1, 0.15) is 17.4 Å². The van der Waals surface area contributed by atoms with Crippen LogP contribution < -0.4 is 15.4 Å². The zero-order valence-electron chi connectivity index (χ0n) is 23.1. The first-order chi connectivity index (χ1) is 18.9. The minimum Gasteiger partial charge on any atom is -0.494 e. The Bertz CT molecular complexity index is 1130. The van der Waals surface area contributed by atoms with Crippen LogP contribution in [0.5, 0.6) is 5.75 Å². The maximum atomic E-state index is 14.3. The van der Waals surface area contributed by atoms with Crippen molar-refractivity contribution in [1.82, 2.24) is 10.2 Å². The van der Waals surface area contributed by atoms with Gasteiger partial charge in [0, 0.05) is 17.8 Å². The highest BCUT2D eigenvalue weighted by atomic mass is 16.5. The van der Waals surface area contributed by atoms with E-state index in [-0.39, 0.29) is 29.8 Å². The van der Waals surface area contributed by atoms with Crippen LogP contribution in [0.25, 0.3) is 0 Å². The van der Waals surface area contributed by atoms with Gasteiger partial charge >= 0.3 is 0 Å². The number of hydrogen-bond donors (Lipinski definition) is 2. The summed E-state index contributed by atoms with van der Waals surface area (Å²) in [6, 6.07) is 6.58. The summed E-state index contributed by atoms with van der Waals surface area (Å²) in [5.41, 5.74) is -0.471. The topological polar surface area (TPSA) is 97.0 Å². The van der Waals surface area contributed by atoms with Crippen molar-refractivity contribution in [3.63, 3.8) is 0 Å². The van der Waals surface area contributed by atoms with E-state index in [0.29, 0.717) is 18.2 Å². The van der Waals surface area contributed by atoms with Crippen molar-refractivity contribution in [3.05, 3.63) is 36.4 Å². The second-order valence-corrected chi connectivity index (χ2v) is 12.1. The van der Waals surface area contributed by atoms with E-state index in [2.05, 4.69) is 17.6 Å². The normalized spacial score (nSPS) is 35.6. The van der Waals surface area contributed by atoms with Gasteiger partial charge in [-0.05, 0) is 62.8 Å². The van der Waals surface area contributed by atoms with Gasteiger partial charge in [-0.2, -0.15) is 0 Å². The lowest BCUT2D eigenvalue weighted by atomic mass is 9.74. The summed E-state index contributed by atoms with van der Waals surface area (Å²) in [4.78, 5) is 43.9. The molecule has 0 radical (unpaired) electrons. The van der Waals surface area contributed by atoms with Crippen LogP contribution in [0.1, 0.15) is 71.6 Å². The highest BCUT2D eigenvalue weighted by Gasteiger charge is 2.73. The largest absolute Gasteiger partial charge is 0.494 e. The molecule has 1 aromatic carbocycles. The van der Waals surface area contributed by atoms with Gasteiger partial charge in [-0.25, -0.2) is 0 Å². The predicted molar refractivity (Wildman–Crippen MR) is 147 cm³/mol. The number of benzene rings is 1. The number of fused-ring (bicyclic) bond motifs is 1. The van der Waals surface area contributed by atoms with Crippen molar-refractivity contribution < 1.29 is 23.9 Å². The van der Waals surface area contributed by atoms with Crippen LogP contribution in [0.2, 0.25) is 0 Å². The molecule has 0 unspecified atom stereocenters. The smallest absolute Gasteiger partial charge is 0.246 e. The molecular weight excluding hydrogens is 494 g/mol. The SMILES string of the molecule is CCOc1ccc(NC(=O)[C@@H]2[C@@H]3C=C[C@]4(O3)[C@@H]2C(=O)N(C2CCCCC2)[C@H]4C(=O)N[C@H]2CCCC[C@@H]2C)cc1. The molecule has 1 aromatic rings. The lowest BCUT2D eigenvalue weighted by Gasteiger charge is -2.40. The average molecular weight is 536 g/mol. The van der Waals surface area contributed by atoms with E-state index in [9.17, 15) is 14.4 Å². The number of carbonyl (C=O) groups excluding carboxylic acids is 3. The van der Waals surface area contributed by atoms with Gasteiger partial charge in [0.15, 0.2) is 0 Å². The number of anilines is 1. The van der Waals surface area contributed by atoms with Gasteiger partial charge in [-0.1, -0.05) is 51.2 Å². The molecule has 2 bridgehead atoms. The molecule has 39 heavy (non-hydrogen) atoms. The number of nitrogens with zero attached hydrogens (tertiary/aromatic N) is 1. The Morgan fingerprint density at radius 2 is 1.74 bits per heavy atom. The molecule has 1 spiro atoms. The molecule has 6 rings (SSSR count). The fraction of sp³-hybridized carbons (Fsp3) is 0.645. The fourth-order valence-corrected chi connectivity index (χ4v) is 7.78. The Balaban J connectivity index is 1.28. The Labute approximate surface area is 230 Å². The van der Waals surface area contributed by atoms with Gasteiger partial charge in [0.05, 0.1) is 24.5 Å². The van der Waals surface area contributed by atoms with Crippen molar-refractivity contribution >= 4 is 23.4 Å². The lowest BCUT2D eigenvalue weighted by molar-refractivity contribution is -0.145. The third kappa shape index (κ3) is 4.54. The quantitative estimate of drug-likeness (QED) is 0.510. The number of amides is 3. The van der Waals surface area contributed by atoms with Gasteiger partial charge in [0.2, 0.25) is 17.7 Å². The Morgan fingerprint density at radius 1 is 1.03 bits per heavy atom. The van der Waals surface area contributed by atoms with Crippen LogP contribution in [-0.4, -0.2) is 59.1 Å². The number of hydrogen-bond acceptors (Lipinski definition) is 5. The second-order valence-electron chi connectivity index (χ2n) is 12.1. The van der Waals surface area contributed by atoms with Gasteiger partial charge < -0.3 is 25.0 Å². The summed E-state index contributed by atoms with van der Waals surface area (Å²) in [6.45, 7) is 4.69. The first-order valence-corrected chi connectivity index (χ1v) is 15.0. The summed E-state index contributed by atoms with van der Waals surface area (Å²) in [7, 11) is 0. The maximum absolute atomic E-state index is 14.3. The van der Waals surface area contributed by atoms with Crippen LogP contribution in [0.3, 0.4) is 0 Å². The first kappa shape index (κ1) is 26.4. The Kier molecular flexibility index (Phi) is 7.16. The molecule has 2 saturated carbocycles. The fourth-order valence-electron chi connectivity index (χ4n) is 7.78. The van der Waals surface area contributed by atoms with E-state index < -0.39 is 29.6 Å². The summed E-state index contributed by atoms with van der Waals surface area (Å²) in [5.74, 6) is -0.760. The molecule has 3 heterocycles. The Hall–Kier alpha value is -2.87. The van der Waals surface area contributed by atoms with E-state index in [1.165, 1.54) is 6.42 Å². The molecule has 4 fully saturated rings. The highest BCUT2D eigenvalue weighted by Crippen LogP contribution is 2.56. The molecule has 5 aliphatic rings. The van der Waals surface area contributed by atoms with Crippen LogP contribution >= 0.6 is 0 Å². The van der Waals surface area contributed by atoms with Crippen LogP contribution in [0.15, 0.2) is 36.4 Å². The van der Waals surface area contributed by atoms with Crippen molar-refractivity contribution in [2.75, 3.05) is 11.9 Å². The van der Waals surface area contributed by atoms with E-state index in [1.807, 2.05) is 36.1 Å². The van der Waals surface area contributed by atoms with Gasteiger partial charge in [-0.15, -0.1) is 0 Å². The van der Waals surface area contributed by atoms with E-state index in [0.717, 1.165) is 57.1 Å². The average Bonchev–Trinajstić information content (AvgIpc) is 3.59. The minimum absolute atomic E-state index is 0.00312. The number of carbonyl (C=O) groups is 3. The van der Waals surface area contributed by atoms with E-state index in [4.69, 9.17) is 9.47 Å². The van der Waals surface area contributed by atoms with Crippen molar-refractivity contribution in [2.24, 2.45) is 17.8 Å². The lowest BCUT2D eigenvalue weighted by Crippen LogP contribution is -2.59. The molecule has 2 N–H and O–H groups in total. The standard InChI is InChI=1S/C31H41N3O5/c1-3-38-22-15-13-20(14-16-22)32-28(35)25-24-17-18-31(39-24)26(25)30(37)34(21-10-5-4-6-11-21)27(31)29(36)33-23-12-8-7-9-19(23)2/h13-19,21,23-27H,3-12H2,1-2H3,(H,32,35)(H,33,36)/t19-,23-,24-,25+,26-,27-,31-/m0/s1. The Morgan fingerprint density at radius 3 is 2.46 bits per heavy atom. The first-order valence-electron chi connectivity index (χ1n) is 15.0. The summed E-state index contributed by atoms with van der Waals surface area (Å²) < 4.78 is 12.0. The van der Waals surface area contributed by atoms with Gasteiger partial charge in [-0.3, -0.25) is 14.4 Å². The van der Waals surface area contributed by atoms with E-state index in [1.54, 1.807) is 12.1 Å². The molecule has 3 aliphatic heterocycles. The van der Waals surface area contributed by atoms with Crippen LogP contribution in [0.4, 0.5) is 5.69 Å². The zero-order chi connectivity index (χ0) is 27.1. The molecular formula is C31H41N3O5. The van der Waals surface area contributed by atoms with Crippen molar-refractivity contribution in [3.8, 4) is 5.75 Å². The van der Waals surface area contributed by atoms with Crippen molar-refractivity contribution in [1.29, 1.82) is 0 Å². The van der Waals surface area contributed by atoms with E-state index >= 15 is 0 Å². The zero-order valence-corrected chi connectivity index (χ0v) is 23.1. The summed E-state index contributed by atoms with van der Waals surface area (Å²) in [6.07, 6.45) is 12.6. The van der Waals surface area contributed by atoms with Crippen LogP contribution in [-0.2, 0) is 19.1 Å². The third-order valence-electron chi connectivity index (χ3n) is 9.70. The third-order valence-corrected chi connectivity index (χ3v) is 9.70. The molecule has 8 nitrogen and oxygen atoms in total. The van der Waals surface area contributed by atoms with Gasteiger partial charge in [0.25, 0.3) is 0 Å². The molecule has 0 aromatic heterocycles. The number of likely N-dealkylation sites (tertiary alicyclic amines) is 1. The monoisotopic (exact) mass is 535 g/mol.